The van der Waals surface area contributed by atoms with E-state index in [0.29, 0.717) is 10.7 Å². The van der Waals surface area contributed by atoms with Crippen LogP contribution in [0.2, 0.25) is 5.02 Å². The Morgan fingerprint density at radius 2 is 2.00 bits per heavy atom. The Morgan fingerprint density at radius 1 is 1.38 bits per heavy atom. The van der Waals surface area contributed by atoms with E-state index >= 15 is 0 Å². The van der Waals surface area contributed by atoms with E-state index < -0.39 is 0 Å². The zero-order valence-corrected chi connectivity index (χ0v) is 10.5. The minimum absolute atomic E-state index is 0.0840. The summed E-state index contributed by atoms with van der Waals surface area (Å²) in [6.45, 7) is 4.16. The molecule has 4 heteroatoms. The van der Waals surface area contributed by atoms with Crippen molar-refractivity contribution in [3.8, 4) is 0 Å². The van der Waals surface area contributed by atoms with E-state index in [2.05, 4.69) is 5.32 Å². The second kappa shape index (κ2) is 5.41. The van der Waals surface area contributed by atoms with Crippen molar-refractivity contribution in [3.63, 3.8) is 0 Å². The maximum Gasteiger partial charge on any atom is 0.0661 e. The molecule has 0 atom stereocenters. The van der Waals surface area contributed by atoms with Crippen molar-refractivity contribution in [1.29, 1.82) is 0 Å². The molecule has 0 aromatic heterocycles. The molecule has 1 rings (SSSR count). The highest BCUT2D eigenvalue weighted by Gasteiger charge is 2.25. The first-order valence-corrected chi connectivity index (χ1v) is 5.88. The summed E-state index contributed by atoms with van der Waals surface area (Å²) in [5.74, 6) is 0. The van der Waals surface area contributed by atoms with E-state index in [1.165, 1.54) is 0 Å². The maximum atomic E-state index is 9.45. The topological polar surface area (TPSA) is 58.3 Å². The largest absolute Gasteiger partial charge is 0.399 e. The molecule has 0 aliphatic heterocycles. The molecule has 0 fully saturated rings. The number of hydrogen-bond donors (Lipinski definition) is 3. The van der Waals surface area contributed by atoms with E-state index in [0.717, 1.165) is 18.5 Å². The number of nitrogens with two attached hydrogens (primary N) is 1. The molecule has 3 nitrogen and oxygen atoms in total. The number of rotatable bonds is 5. The molecule has 0 aliphatic rings. The average molecular weight is 243 g/mol. The molecular formula is C12H19ClN2O. The van der Waals surface area contributed by atoms with Crippen LogP contribution in [0.3, 0.4) is 0 Å². The van der Waals surface area contributed by atoms with Gasteiger partial charge < -0.3 is 16.2 Å². The number of anilines is 2. The van der Waals surface area contributed by atoms with Gasteiger partial charge in [0.1, 0.15) is 0 Å². The summed E-state index contributed by atoms with van der Waals surface area (Å²) >= 11 is 6.08. The maximum absolute atomic E-state index is 9.45. The normalized spacial score (nSPS) is 11.5. The van der Waals surface area contributed by atoms with E-state index in [1.807, 2.05) is 19.9 Å². The van der Waals surface area contributed by atoms with Gasteiger partial charge in [-0.3, -0.25) is 0 Å². The van der Waals surface area contributed by atoms with Gasteiger partial charge in [-0.05, 0) is 31.0 Å². The Hall–Kier alpha value is -0.930. The van der Waals surface area contributed by atoms with Gasteiger partial charge in [-0.2, -0.15) is 0 Å². The molecule has 16 heavy (non-hydrogen) atoms. The minimum atomic E-state index is -0.306. The molecule has 0 saturated carbocycles. The van der Waals surface area contributed by atoms with Crippen LogP contribution in [0.5, 0.6) is 0 Å². The highest BCUT2D eigenvalue weighted by Crippen LogP contribution is 2.29. The van der Waals surface area contributed by atoms with Crippen LogP contribution in [0.1, 0.15) is 26.7 Å². The molecule has 0 unspecified atom stereocenters. The fourth-order valence-corrected chi connectivity index (χ4v) is 1.84. The lowest BCUT2D eigenvalue weighted by Crippen LogP contribution is -2.40. The first-order valence-electron chi connectivity index (χ1n) is 5.51. The Morgan fingerprint density at radius 3 is 2.44 bits per heavy atom. The summed E-state index contributed by atoms with van der Waals surface area (Å²) in [5.41, 5.74) is 6.77. The third kappa shape index (κ3) is 2.80. The predicted octanol–water partition coefficient (Wildman–Crippen LogP) is 2.89. The molecule has 0 aliphatic carbocycles. The monoisotopic (exact) mass is 242 g/mol. The molecule has 1 aromatic rings. The van der Waals surface area contributed by atoms with Gasteiger partial charge in [0.15, 0.2) is 0 Å². The van der Waals surface area contributed by atoms with E-state index in [9.17, 15) is 5.11 Å². The Kier molecular flexibility index (Phi) is 4.44. The number of nitrogen functional groups attached to an aromatic ring is 1. The van der Waals surface area contributed by atoms with E-state index in [-0.39, 0.29) is 12.1 Å². The van der Waals surface area contributed by atoms with Gasteiger partial charge in [0.2, 0.25) is 0 Å². The van der Waals surface area contributed by atoms with Crippen LogP contribution in [0.25, 0.3) is 0 Å². The fourth-order valence-electron chi connectivity index (χ4n) is 1.61. The molecule has 0 amide bonds. The molecule has 0 bridgehead atoms. The van der Waals surface area contributed by atoms with Crippen LogP contribution < -0.4 is 11.1 Å². The molecule has 0 radical (unpaired) electrons. The van der Waals surface area contributed by atoms with Crippen molar-refractivity contribution in [3.05, 3.63) is 23.2 Å². The smallest absolute Gasteiger partial charge is 0.0661 e. The van der Waals surface area contributed by atoms with E-state index in [4.69, 9.17) is 17.3 Å². The van der Waals surface area contributed by atoms with Crippen LogP contribution in [0.15, 0.2) is 18.2 Å². The molecule has 4 N–H and O–H groups in total. The lowest BCUT2D eigenvalue weighted by atomic mass is 9.93. The number of benzene rings is 1. The summed E-state index contributed by atoms with van der Waals surface area (Å²) in [5, 5.41) is 13.3. The van der Waals surface area contributed by atoms with Crippen LogP contribution in [0.4, 0.5) is 11.4 Å². The van der Waals surface area contributed by atoms with Gasteiger partial charge in [0.05, 0.1) is 22.9 Å². The Labute approximate surface area is 102 Å². The summed E-state index contributed by atoms with van der Waals surface area (Å²) in [7, 11) is 0. The first kappa shape index (κ1) is 13.1. The summed E-state index contributed by atoms with van der Waals surface area (Å²) in [4.78, 5) is 0. The zero-order valence-electron chi connectivity index (χ0n) is 9.76. The second-order valence-electron chi connectivity index (χ2n) is 4.01. The van der Waals surface area contributed by atoms with Gasteiger partial charge >= 0.3 is 0 Å². The standard InChI is InChI=1S/C12H19ClN2O/c1-3-12(4-2,8-16)15-11-6-5-9(14)7-10(11)13/h5-7,15-16H,3-4,8,14H2,1-2H3. The summed E-state index contributed by atoms with van der Waals surface area (Å²) in [6, 6.07) is 5.34. The van der Waals surface area contributed by atoms with Crippen molar-refractivity contribution in [2.24, 2.45) is 0 Å². The number of aliphatic hydroxyl groups is 1. The summed E-state index contributed by atoms with van der Waals surface area (Å²) in [6.07, 6.45) is 1.67. The molecule has 0 spiro atoms. The van der Waals surface area contributed by atoms with Crippen molar-refractivity contribution in [1.82, 2.24) is 0 Å². The molecule has 0 saturated heterocycles. The van der Waals surface area contributed by atoms with Crippen LogP contribution in [-0.4, -0.2) is 17.3 Å². The highest BCUT2D eigenvalue weighted by atomic mass is 35.5. The third-order valence-corrected chi connectivity index (χ3v) is 3.36. The van der Waals surface area contributed by atoms with Crippen molar-refractivity contribution >= 4 is 23.0 Å². The van der Waals surface area contributed by atoms with E-state index in [1.54, 1.807) is 12.1 Å². The Bertz CT molecular complexity index is 343. The van der Waals surface area contributed by atoms with Gasteiger partial charge in [0, 0.05) is 5.69 Å². The molecule has 1 aromatic carbocycles. The average Bonchev–Trinajstić information content (AvgIpc) is 2.29. The fraction of sp³-hybridized carbons (Fsp3) is 0.500. The van der Waals surface area contributed by atoms with Crippen LogP contribution >= 0.6 is 11.6 Å². The number of nitrogens with one attached hydrogen (secondary N) is 1. The van der Waals surface area contributed by atoms with Gasteiger partial charge in [-0.25, -0.2) is 0 Å². The minimum Gasteiger partial charge on any atom is -0.399 e. The third-order valence-electron chi connectivity index (χ3n) is 3.05. The van der Waals surface area contributed by atoms with Crippen molar-refractivity contribution in [2.45, 2.75) is 32.2 Å². The lowest BCUT2D eigenvalue weighted by Gasteiger charge is -2.32. The number of hydrogen-bond acceptors (Lipinski definition) is 3. The quantitative estimate of drug-likeness (QED) is 0.696. The Balaban J connectivity index is 2.93. The SMILES string of the molecule is CCC(CC)(CO)Nc1ccc(N)cc1Cl. The highest BCUT2D eigenvalue weighted by molar-refractivity contribution is 6.33. The summed E-state index contributed by atoms with van der Waals surface area (Å²) < 4.78 is 0. The predicted molar refractivity (Wildman–Crippen MR) is 69.9 cm³/mol. The van der Waals surface area contributed by atoms with Crippen molar-refractivity contribution in [2.75, 3.05) is 17.7 Å². The zero-order chi connectivity index (χ0) is 12.2. The first-order chi connectivity index (χ1) is 7.56. The second-order valence-corrected chi connectivity index (χ2v) is 4.42. The molecular weight excluding hydrogens is 224 g/mol. The van der Waals surface area contributed by atoms with Gasteiger partial charge in [-0.15, -0.1) is 0 Å². The van der Waals surface area contributed by atoms with Crippen LogP contribution in [0, 0.1) is 0 Å². The van der Waals surface area contributed by atoms with Crippen molar-refractivity contribution < 1.29 is 5.11 Å². The van der Waals surface area contributed by atoms with Crippen LogP contribution in [-0.2, 0) is 0 Å². The molecule has 0 heterocycles. The lowest BCUT2D eigenvalue weighted by molar-refractivity contribution is 0.202. The molecule has 90 valence electrons. The van der Waals surface area contributed by atoms with Gasteiger partial charge in [-0.1, -0.05) is 25.4 Å². The number of aliphatic hydroxyl groups excluding tert-OH is 1. The van der Waals surface area contributed by atoms with Gasteiger partial charge in [0.25, 0.3) is 0 Å². The number of halogens is 1.